The maximum absolute atomic E-state index is 13.1. The van der Waals surface area contributed by atoms with Gasteiger partial charge in [0.15, 0.2) is 6.10 Å². The minimum Gasteiger partial charge on any atom is -0.481 e. The van der Waals surface area contributed by atoms with E-state index in [4.69, 9.17) is 9.84 Å². The molecule has 2 aromatic carbocycles. The molecule has 0 aliphatic heterocycles. The van der Waals surface area contributed by atoms with E-state index in [9.17, 15) is 14.0 Å². The van der Waals surface area contributed by atoms with Crippen LogP contribution in [0.25, 0.3) is 0 Å². The van der Waals surface area contributed by atoms with Gasteiger partial charge in [-0.25, -0.2) is 4.39 Å². The van der Waals surface area contributed by atoms with Crippen molar-refractivity contribution >= 4 is 11.9 Å². The number of carbonyl (C=O) groups excluding carboxylic acids is 1. The van der Waals surface area contributed by atoms with E-state index in [1.807, 2.05) is 32.0 Å². The molecular weight excluding hydrogens is 337 g/mol. The first-order valence-corrected chi connectivity index (χ1v) is 8.40. The van der Waals surface area contributed by atoms with Crippen molar-refractivity contribution in [1.29, 1.82) is 0 Å². The number of carboxylic acid groups (broad SMARTS) is 1. The van der Waals surface area contributed by atoms with Crippen molar-refractivity contribution in [2.24, 2.45) is 0 Å². The molecule has 5 nitrogen and oxygen atoms in total. The zero-order valence-electron chi connectivity index (χ0n) is 14.7. The zero-order chi connectivity index (χ0) is 19.1. The molecule has 26 heavy (non-hydrogen) atoms. The maximum atomic E-state index is 13.1. The van der Waals surface area contributed by atoms with E-state index in [0.717, 1.165) is 5.56 Å². The molecule has 0 aromatic heterocycles. The number of amides is 1. The van der Waals surface area contributed by atoms with Gasteiger partial charge in [-0.1, -0.05) is 37.3 Å². The Balaban J connectivity index is 2.14. The van der Waals surface area contributed by atoms with Gasteiger partial charge in [-0.15, -0.1) is 0 Å². The second kappa shape index (κ2) is 8.99. The normalized spacial score (nSPS) is 12.9. The van der Waals surface area contributed by atoms with E-state index in [2.05, 4.69) is 5.32 Å². The molecule has 6 heteroatoms. The second-order valence-electron chi connectivity index (χ2n) is 5.99. The molecule has 0 heterocycles. The molecule has 1 amide bonds. The summed E-state index contributed by atoms with van der Waals surface area (Å²) < 4.78 is 18.9. The number of para-hydroxylation sites is 1. The van der Waals surface area contributed by atoms with Gasteiger partial charge in [0.1, 0.15) is 11.6 Å². The third kappa shape index (κ3) is 5.31. The molecule has 0 saturated carbocycles. The first-order valence-electron chi connectivity index (χ1n) is 8.40. The lowest BCUT2D eigenvalue weighted by atomic mass is 10.0. The lowest BCUT2D eigenvalue weighted by molar-refractivity contribution is -0.138. The van der Waals surface area contributed by atoms with Crippen molar-refractivity contribution in [2.75, 3.05) is 0 Å². The van der Waals surface area contributed by atoms with Gasteiger partial charge in [-0.05, 0) is 42.7 Å². The van der Waals surface area contributed by atoms with E-state index >= 15 is 0 Å². The Labute approximate surface area is 151 Å². The van der Waals surface area contributed by atoms with E-state index in [1.165, 1.54) is 24.3 Å². The number of nitrogens with one attached hydrogen (secondary N) is 1. The highest BCUT2D eigenvalue weighted by Gasteiger charge is 2.24. The number of carbonyl (C=O) groups is 2. The van der Waals surface area contributed by atoms with E-state index in [1.54, 1.807) is 6.07 Å². The Kier molecular flexibility index (Phi) is 6.72. The average Bonchev–Trinajstić information content (AvgIpc) is 2.60. The van der Waals surface area contributed by atoms with E-state index in [0.29, 0.717) is 17.7 Å². The summed E-state index contributed by atoms with van der Waals surface area (Å²) in [6, 6.07) is 12.0. The van der Waals surface area contributed by atoms with E-state index in [-0.39, 0.29) is 6.42 Å². The lowest BCUT2D eigenvalue weighted by Gasteiger charge is -2.23. The van der Waals surface area contributed by atoms with Gasteiger partial charge in [0.2, 0.25) is 0 Å². The fourth-order valence-corrected chi connectivity index (χ4v) is 2.55. The summed E-state index contributed by atoms with van der Waals surface area (Å²) in [6.45, 7) is 3.69. The molecule has 2 unspecified atom stereocenters. The second-order valence-corrected chi connectivity index (χ2v) is 5.99. The summed E-state index contributed by atoms with van der Waals surface area (Å²) >= 11 is 0. The largest absolute Gasteiger partial charge is 0.481 e. The maximum Gasteiger partial charge on any atom is 0.305 e. The van der Waals surface area contributed by atoms with Crippen LogP contribution in [0.1, 0.15) is 36.9 Å². The summed E-state index contributed by atoms with van der Waals surface area (Å²) in [7, 11) is 0. The van der Waals surface area contributed by atoms with Crippen LogP contribution in [0.4, 0.5) is 4.39 Å². The highest BCUT2D eigenvalue weighted by atomic mass is 19.1. The molecular formula is C20H22FNO4. The minimum atomic E-state index is -1.06. The third-order valence-corrected chi connectivity index (χ3v) is 3.99. The number of halogens is 1. The van der Waals surface area contributed by atoms with Crippen molar-refractivity contribution in [3.8, 4) is 5.75 Å². The Morgan fingerprint density at radius 2 is 1.81 bits per heavy atom. The lowest BCUT2D eigenvalue weighted by Crippen LogP contribution is -2.40. The monoisotopic (exact) mass is 359 g/mol. The summed E-state index contributed by atoms with van der Waals surface area (Å²) in [5.74, 6) is -1.30. The Bertz CT molecular complexity index is 761. The van der Waals surface area contributed by atoms with Gasteiger partial charge in [0.05, 0.1) is 12.5 Å². The van der Waals surface area contributed by atoms with Crippen molar-refractivity contribution in [2.45, 2.75) is 38.8 Å². The number of benzene rings is 2. The third-order valence-electron chi connectivity index (χ3n) is 3.99. The van der Waals surface area contributed by atoms with Gasteiger partial charge in [0.25, 0.3) is 5.91 Å². The van der Waals surface area contributed by atoms with Crippen molar-refractivity contribution in [3.05, 3.63) is 65.5 Å². The summed E-state index contributed by atoms with van der Waals surface area (Å²) in [4.78, 5) is 23.8. The van der Waals surface area contributed by atoms with Gasteiger partial charge < -0.3 is 15.2 Å². The summed E-state index contributed by atoms with van der Waals surface area (Å²) in [5, 5.41) is 11.8. The molecule has 0 aliphatic carbocycles. The minimum absolute atomic E-state index is 0.307. The molecule has 0 radical (unpaired) electrons. The summed E-state index contributed by atoms with van der Waals surface area (Å²) in [5.41, 5.74) is 1.42. The summed E-state index contributed by atoms with van der Waals surface area (Å²) in [6.07, 6.45) is -0.644. The van der Waals surface area contributed by atoms with Crippen molar-refractivity contribution < 1.29 is 23.8 Å². The van der Waals surface area contributed by atoms with Crippen molar-refractivity contribution in [1.82, 2.24) is 5.32 Å². The standard InChI is InChI=1S/C20H22FNO4/c1-3-17(26-18-7-5-4-6-13(18)2)20(25)22-16(12-19(23)24)14-8-10-15(21)11-9-14/h4-11,16-17H,3,12H2,1-2H3,(H,22,25)(H,23,24). The van der Waals surface area contributed by atoms with Crippen LogP contribution < -0.4 is 10.1 Å². The topological polar surface area (TPSA) is 75.6 Å². The number of hydrogen-bond acceptors (Lipinski definition) is 3. The quantitative estimate of drug-likeness (QED) is 0.755. The fourth-order valence-electron chi connectivity index (χ4n) is 2.55. The van der Waals surface area contributed by atoms with Gasteiger partial charge in [0, 0.05) is 0 Å². The molecule has 138 valence electrons. The number of aryl methyl sites for hydroxylation is 1. The van der Waals surface area contributed by atoms with Gasteiger partial charge in [-0.2, -0.15) is 0 Å². The molecule has 2 atom stereocenters. The Hall–Kier alpha value is -2.89. The molecule has 0 saturated heterocycles. The molecule has 0 aliphatic rings. The molecule has 2 rings (SSSR count). The highest BCUT2D eigenvalue weighted by Crippen LogP contribution is 2.21. The number of aliphatic carboxylic acids is 1. The van der Waals surface area contributed by atoms with Gasteiger partial charge >= 0.3 is 5.97 Å². The molecule has 0 fully saturated rings. The van der Waals surface area contributed by atoms with Crippen LogP contribution in [0.15, 0.2) is 48.5 Å². The molecule has 2 N–H and O–H groups in total. The SMILES string of the molecule is CCC(Oc1ccccc1C)C(=O)NC(CC(=O)O)c1ccc(F)cc1. The predicted octanol–water partition coefficient (Wildman–Crippen LogP) is 3.62. The van der Waals surface area contributed by atoms with Crippen LogP contribution >= 0.6 is 0 Å². The number of hydrogen-bond donors (Lipinski definition) is 2. The van der Waals surface area contributed by atoms with Crippen LogP contribution in [-0.2, 0) is 9.59 Å². The molecule has 2 aromatic rings. The smallest absolute Gasteiger partial charge is 0.305 e. The Morgan fingerprint density at radius 3 is 2.38 bits per heavy atom. The van der Waals surface area contributed by atoms with Crippen LogP contribution in [0.5, 0.6) is 5.75 Å². The van der Waals surface area contributed by atoms with E-state index < -0.39 is 29.8 Å². The van der Waals surface area contributed by atoms with Crippen molar-refractivity contribution in [3.63, 3.8) is 0 Å². The highest BCUT2D eigenvalue weighted by molar-refractivity contribution is 5.82. The number of rotatable bonds is 8. The first kappa shape index (κ1) is 19.4. The predicted molar refractivity (Wildman–Crippen MR) is 95.4 cm³/mol. The number of ether oxygens (including phenoxy) is 1. The average molecular weight is 359 g/mol. The first-order chi connectivity index (χ1) is 12.4. The molecule has 0 spiro atoms. The van der Waals surface area contributed by atoms with Crippen LogP contribution in [0.2, 0.25) is 0 Å². The van der Waals surface area contributed by atoms with Crippen LogP contribution in [-0.4, -0.2) is 23.1 Å². The fraction of sp³-hybridized carbons (Fsp3) is 0.300. The Morgan fingerprint density at radius 1 is 1.15 bits per heavy atom. The molecule has 0 bridgehead atoms. The van der Waals surface area contributed by atoms with Crippen LogP contribution in [0, 0.1) is 12.7 Å². The zero-order valence-corrected chi connectivity index (χ0v) is 14.7. The van der Waals surface area contributed by atoms with Gasteiger partial charge in [-0.3, -0.25) is 9.59 Å². The number of carboxylic acids is 1. The van der Waals surface area contributed by atoms with Crippen LogP contribution in [0.3, 0.4) is 0 Å².